The summed E-state index contributed by atoms with van der Waals surface area (Å²) in [6.07, 6.45) is 0. The summed E-state index contributed by atoms with van der Waals surface area (Å²) in [6, 6.07) is 29.3. The second-order valence-electron chi connectivity index (χ2n) is 6.89. The Morgan fingerprint density at radius 3 is 1.03 bits per heavy atom. The van der Waals surface area contributed by atoms with Crippen molar-refractivity contribution in [2.24, 2.45) is 0 Å². The Hall–Kier alpha value is -4.18. The minimum atomic E-state index is 0.0696. The van der Waals surface area contributed by atoms with E-state index < -0.39 is 0 Å². The second-order valence-corrected chi connectivity index (χ2v) is 6.89. The molecule has 30 heavy (non-hydrogen) atoms. The maximum atomic E-state index is 10.2. The zero-order valence-electron chi connectivity index (χ0n) is 15.9. The first-order valence-electron chi connectivity index (χ1n) is 9.57. The van der Waals surface area contributed by atoms with Crippen molar-refractivity contribution in [1.29, 1.82) is 0 Å². The second kappa shape index (κ2) is 7.33. The van der Waals surface area contributed by atoms with Crippen LogP contribution in [0.15, 0.2) is 97.1 Å². The molecule has 0 aliphatic carbocycles. The summed E-state index contributed by atoms with van der Waals surface area (Å²) >= 11 is 0. The van der Waals surface area contributed by atoms with Crippen molar-refractivity contribution in [2.45, 2.75) is 0 Å². The molecule has 0 atom stereocenters. The summed E-state index contributed by atoms with van der Waals surface area (Å²) in [5, 5.41) is 23.8. The average molecular weight is 394 g/mol. The number of para-hydroxylation sites is 4. The van der Waals surface area contributed by atoms with Gasteiger partial charge in [0.05, 0.1) is 0 Å². The minimum Gasteiger partial charge on any atom is -0.504 e. The van der Waals surface area contributed by atoms with Gasteiger partial charge in [0.25, 0.3) is 0 Å². The van der Waals surface area contributed by atoms with E-state index in [1.165, 1.54) is 0 Å². The van der Waals surface area contributed by atoms with Gasteiger partial charge < -0.3 is 19.7 Å². The van der Waals surface area contributed by atoms with Crippen molar-refractivity contribution in [2.75, 3.05) is 0 Å². The van der Waals surface area contributed by atoms with Crippen molar-refractivity contribution in [3.05, 3.63) is 97.1 Å². The van der Waals surface area contributed by atoms with Crippen molar-refractivity contribution < 1.29 is 19.7 Å². The number of phenolic OH excluding ortho intramolecular Hbond substituents is 2. The lowest BCUT2D eigenvalue weighted by Crippen LogP contribution is -1.93. The van der Waals surface area contributed by atoms with E-state index in [4.69, 9.17) is 9.47 Å². The standard InChI is InChI=1S/C26H18O4/c27-21-13-5-7-15-23(21)29-25-17-9-1-2-10-18(17)26(20-12-4-3-11-19(20)25)30-24-16-8-6-14-22(24)28/h1-16,27-28H. The highest BCUT2D eigenvalue weighted by Crippen LogP contribution is 2.47. The summed E-state index contributed by atoms with van der Waals surface area (Å²) in [5.41, 5.74) is 0. The molecule has 0 aliphatic rings. The van der Waals surface area contributed by atoms with Gasteiger partial charge in [-0.2, -0.15) is 0 Å². The predicted molar refractivity (Wildman–Crippen MR) is 118 cm³/mol. The quantitative estimate of drug-likeness (QED) is 0.323. The lowest BCUT2D eigenvalue weighted by Gasteiger charge is -2.18. The van der Waals surface area contributed by atoms with Crippen molar-refractivity contribution in [1.82, 2.24) is 0 Å². The van der Waals surface area contributed by atoms with E-state index in [0.29, 0.717) is 23.0 Å². The van der Waals surface area contributed by atoms with E-state index in [1.54, 1.807) is 36.4 Å². The van der Waals surface area contributed by atoms with Crippen LogP contribution in [-0.2, 0) is 0 Å². The fourth-order valence-corrected chi connectivity index (χ4v) is 3.58. The van der Waals surface area contributed by atoms with Crippen LogP contribution in [0.2, 0.25) is 0 Å². The van der Waals surface area contributed by atoms with Crippen molar-refractivity contribution >= 4 is 21.5 Å². The smallest absolute Gasteiger partial charge is 0.169 e. The van der Waals surface area contributed by atoms with Gasteiger partial charge in [-0.25, -0.2) is 0 Å². The highest BCUT2D eigenvalue weighted by molar-refractivity contribution is 6.11. The third kappa shape index (κ3) is 3.05. The van der Waals surface area contributed by atoms with Gasteiger partial charge in [0.15, 0.2) is 23.0 Å². The van der Waals surface area contributed by atoms with Crippen LogP contribution in [0, 0.1) is 0 Å². The molecule has 0 spiro atoms. The van der Waals surface area contributed by atoms with Gasteiger partial charge in [-0.1, -0.05) is 72.8 Å². The fraction of sp³-hybridized carbons (Fsp3) is 0. The van der Waals surface area contributed by atoms with Crippen LogP contribution < -0.4 is 9.47 Å². The molecule has 0 amide bonds. The van der Waals surface area contributed by atoms with Gasteiger partial charge in [0.1, 0.15) is 11.5 Å². The molecule has 2 N–H and O–H groups in total. The number of hydrogen-bond acceptors (Lipinski definition) is 4. The average Bonchev–Trinajstić information content (AvgIpc) is 2.78. The van der Waals surface area contributed by atoms with E-state index in [1.807, 2.05) is 60.7 Å². The van der Waals surface area contributed by atoms with Crippen LogP contribution in [0.5, 0.6) is 34.5 Å². The molecule has 0 bridgehead atoms. The molecule has 0 saturated carbocycles. The normalized spacial score (nSPS) is 10.9. The Morgan fingerprint density at radius 2 is 0.700 bits per heavy atom. The molecule has 0 heterocycles. The van der Waals surface area contributed by atoms with Crippen molar-refractivity contribution in [3.63, 3.8) is 0 Å². The number of rotatable bonds is 4. The monoisotopic (exact) mass is 394 g/mol. The molecular formula is C26H18O4. The molecule has 0 saturated heterocycles. The van der Waals surface area contributed by atoms with Gasteiger partial charge in [0, 0.05) is 21.5 Å². The Kier molecular flexibility index (Phi) is 4.37. The number of fused-ring (bicyclic) bond motifs is 2. The lowest BCUT2D eigenvalue weighted by atomic mass is 10.0. The molecule has 4 nitrogen and oxygen atoms in total. The topological polar surface area (TPSA) is 58.9 Å². The molecular weight excluding hydrogens is 376 g/mol. The molecule has 4 heteroatoms. The molecule has 5 aromatic carbocycles. The SMILES string of the molecule is Oc1ccccc1Oc1c2ccccc2c(Oc2ccccc2O)c2ccccc12. The van der Waals surface area contributed by atoms with Gasteiger partial charge in [-0.05, 0) is 24.3 Å². The first kappa shape index (κ1) is 17.9. The third-order valence-corrected chi connectivity index (χ3v) is 4.99. The van der Waals surface area contributed by atoms with Gasteiger partial charge in [0.2, 0.25) is 0 Å². The van der Waals surface area contributed by atoms with Gasteiger partial charge in [-0.3, -0.25) is 0 Å². The fourth-order valence-electron chi connectivity index (χ4n) is 3.58. The third-order valence-electron chi connectivity index (χ3n) is 4.99. The highest BCUT2D eigenvalue weighted by Gasteiger charge is 2.18. The van der Waals surface area contributed by atoms with Crippen molar-refractivity contribution in [3.8, 4) is 34.5 Å². The van der Waals surface area contributed by atoms with E-state index in [0.717, 1.165) is 21.5 Å². The minimum absolute atomic E-state index is 0.0696. The number of hydrogen-bond donors (Lipinski definition) is 2. The summed E-state index contributed by atoms with van der Waals surface area (Å²) in [5.74, 6) is 2.16. The number of aromatic hydroxyl groups is 2. The molecule has 5 aromatic rings. The number of ether oxygens (including phenoxy) is 2. The Balaban J connectivity index is 1.78. The van der Waals surface area contributed by atoms with Crippen LogP contribution in [0.4, 0.5) is 0 Å². The molecule has 146 valence electrons. The van der Waals surface area contributed by atoms with Crippen LogP contribution in [0.25, 0.3) is 21.5 Å². The van der Waals surface area contributed by atoms with Crippen LogP contribution in [0.1, 0.15) is 0 Å². The molecule has 0 radical (unpaired) electrons. The van der Waals surface area contributed by atoms with Gasteiger partial charge >= 0.3 is 0 Å². The Labute approximate surface area is 173 Å². The molecule has 0 aliphatic heterocycles. The first-order chi connectivity index (χ1) is 14.7. The van der Waals surface area contributed by atoms with E-state index in [9.17, 15) is 10.2 Å². The zero-order valence-corrected chi connectivity index (χ0v) is 15.9. The van der Waals surface area contributed by atoms with E-state index in [-0.39, 0.29) is 11.5 Å². The highest BCUT2D eigenvalue weighted by atomic mass is 16.5. The lowest BCUT2D eigenvalue weighted by molar-refractivity contribution is 0.412. The molecule has 5 rings (SSSR count). The summed E-state index contributed by atoms with van der Waals surface area (Å²) in [6.45, 7) is 0. The van der Waals surface area contributed by atoms with E-state index >= 15 is 0 Å². The predicted octanol–water partition coefficient (Wildman–Crippen LogP) is 6.99. The largest absolute Gasteiger partial charge is 0.504 e. The Morgan fingerprint density at radius 1 is 0.400 bits per heavy atom. The summed E-state index contributed by atoms with van der Waals surface area (Å²) in [4.78, 5) is 0. The number of phenols is 2. The number of benzene rings is 5. The van der Waals surface area contributed by atoms with Crippen LogP contribution in [0.3, 0.4) is 0 Å². The zero-order chi connectivity index (χ0) is 20.5. The molecule has 0 fully saturated rings. The van der Waals surface area contributed by atoms with Crippen LogP contribution in [-0.4, -0.2) is 10.2 Å². The summed E-state index contributed by atoms with van der Waals surface area (Å²) in [7, 11) is 0. The Bertz CT molecular complexity index is 1210. The van der Waals surface area contributed by atoms with E-state index in [2.05, 4.69) is 0 Å². The van der Waals surface area contributed by atoms with Crippen LogP contribution >= 0.6 is 0 Å². The first-order valence-corrected chi connectivity index (χ1v) is 9.57. The molecule has 0 aromatic heterocycles. The summed E-state index contributed by atoms with van der Waals surface area (Å²) < 4.78 is 12.4. The maximum Gasteiger partial charge on any atom is 0.169 e. The molecule has 0 unspecified atom stereocenters. The van der Waals surface area contributed by atoms with Gasteiger partial charge in [-0.15, -0.1) is 0 Å². The maximum absolute atomic E-state index is 10.2.